The molecule has 17 heavy (non-hydrogen) atoms. The van der Waals surface area contributed by atoms with Gasteiger partial charge in [0, 0.05) is 0 Å². The van der Waals surface area contributed by atoms with Gasteiger partial charge < -0.3 is 20.9 Å². The highest BCUT2D eigenvalue weighted by Gasteiger charge is 2.31. The van der Waals surface area contributed by atoms with E-state index in [0.29, 0.717) is 0 Å². The van der Waals surface area contributed by atoms with Crippen LogP contribution >= 0.6 is 0 Å². The summed E-state index contributed by atoms with van der Waals surface area (Å²) in [4.78, 5) is 32.6. The number of amides is 1. The lowest BCUT2D eigenvalue weighted by atomic mass is 10.2. The van der Waals surface area contributed by atoms with Crippen LogP contribution in [0.15, 0.2) is 0 Å². The van der Waals surface area contributed by atoms with Crippen molar-refractivity contribution in [2.45, 2.75) is 25.3 Å². The lowest BCUT2D eigenvalue weighted by Gasteiger charge is -2.10. The Hall–Kier alpha value is -1.63. The Morgan fingerprint density at radius 2 is 2.06 bits per heavy atom. The number of rotatable bonds is 7. The number of hydrogen-bond acceptors (Lipinski definition) is 5. The number of esters is 1. The van der Waals surface area contributed by atoms with E-state index >= 15 is 0 Å². The first-order valence-corrected chi connectivity index (χ1v) is 5.42. The molecule has 4 N–H and O–H groups in total. The lowest BCUT2D eigenvalue weighted by Crippen LogP contribution is -2.43. The third-order valence-corrected chi connectivity index (χ3v) is 2.29. The van der Waals surface area contributed by atoms with Crippen molar-refractivity contribution in [2.24, 2.45) is 11.7 Å². The highest BCUT2D eigenvalue weighted by Crippen LogP contribution is 2.29. The van der Waals surface area contributed by atoms with Crippen LogP contribution in [0.1, 0.15) is 19.3 Å². The van der Waals surface area contributed by atoms with E-state index in [9.17, 15) is 14.4 Å². The summed E-state index contributed by atoms with van der Waals surface area (Å²) in [5.41, 5.74) is 5.32. The van der Waals surface area contributed by atoms with Gasteiger partial charge in [-0.3, -0.25) is 14.4 Å². The summed E-state index contributed by atoms with van der Waals surface area (Å²) in [6.45, 7) is 0.228. The number of nitrogens with two attached hydrogens (primary N) is 1. The molecular formula is C10H16N2O5. The summed E-state index contributed by atoms with van der Waals surface area (Å²) in [6, 6.07) is -1.08. The molecule has 96 valence electrons. The van der Waals surface area contributed by atoms with Gasteiger partial charge in [-0.1, -0.05) is 0 Å². The fourth-order valence-electron chi connectivity index (χ4n) is 1.17. The molecule has 0 heterocycles. The van der Waals surface area contributed by atoms with Gasteiger partial charge in [0.05, 0.1) is 24.9 Å². The Morgan fingerprint density at radius 3 is 2.59 bits per heavy atom. The number of carbonyl (C=O) groups is 3. The van der Waals surface area contributed by atoms with Gasteiger partial charge in [0.15, 0.2) is 0 Å². The molecule has 0 aromatic carbocycles. The number of hydrogen-bond donors (Lipinski definition) is 3. The maximum Gasteiger partial charge on any atom is 0.308 e. The third-order valence-electron chi connectivity index (χ3n) is 2.29. The molecule has 7 nitrogen and oxygen atoms in total. The molecule has 7 heteroatoms. The third kappa shape index (κ3) is 5.30. The minimum absolute atomic E-state index is 0.0277. The average molecular weight is 244 g/mol. The van der Waals surface area contributed by atoms with Crippen LogP contribution < -0.4 is 11.1 Å². The van der Waals surface area contributed by atoms with Gasteiger partial charge in [-0.15, -0.1) is 0 Å². The quantitative estimate of drug-likeness (QED) is 0.384. The molecule has 1 aliphatic rings. The van der Waals surface area contributed by atoms with Gasteiger partial charge in [-0.25, -0.2) is 0 Å². The van der Waals surface area contributed by atoms with E-state index in [1.165, 1.54) is 0 Å². The first-order valence-electron chi connectivity index (χ1n) is 5.42. The molecule has 0 aliphatic heterocycles. The molecule has 1 saturated carbocycles. The van der Waals surface area contributed by atoms with Gasteiger partial charge in [0.25, 0.3) is 0 Å². The van der Waals surface area contributed by atoms with E-state index in [0.717, 1.165) is 12.8 Å². The summed E-state index contributed by atoms with van der Waals surface area (Å²) >= 11 is 0. The zero-order chi connectivity index (χ0) is 12.8. The fraction of sp³-hybridized carbons (Fsp3) is 0.700. The van der Waals surface area contributed by atoms with Gasteiger partial charge in [0.2, 0.25) is 5.91 Å². The van der Waals surface area contributed by atoms with Crippen molar-refractivity contribution < 1.29 is 24.2 Å². The van der Waals surface area contributed by atoms with Crippen LogP contribution in [0.4, 0.5) is 0 Å². The zero-order valence-electron chi connectivity index (χ0n) is 9.35. The molecule has 0 bridgehead atoms. The number of carbonyl (C=O) groups excluding carboxylic acids is 2. The molecule has 1 aliphatic carbocycles. The monoisotopic (exact) mass is 244 g/mol. The average Bonchev–Trinajstić information content (AvgIpc) is 3.06. The lowest BCUT2D eigenvalue weighted by molar-refractivity contribution is -0.145. The molecule has 0 spiro atoms. The Kier molecular flexibility index (Phi) is 4.89. The van der Waals surface area contributed by atoms with Crippen molar-refractivity contribution in [3.63, 3.8) is 0 Å². The largest absolute Gasteiger partial charge is 0.481 e. The first kappa shape index (κ1) is 13.4. The smallest absolute Gasteiger partial charge is 0.308 e. The summed E-state index contributed by atoms with van der Waals surface area (Å²) in [5.74, 6) is -1.91. The van der Waals surface area contributed by atoms with Crippen LogP contribution in [0.5, 0.6) is 0 Å². The van der Waals surface area contributed by atoms with Crippen molar-refractivity contribution in [3.8, 4) is 0 Å². The molecule has 1 rings (SSSR count). The van der Waals surface area contributed by atoms with E-state index in [-0.39, 0.29) is 25.0 Å². The number of carboxylic acids is 1. The Morgan fingerprint density at radius 1 is 1.41 bits per heavy atom. The summed E-state index contributed by atoms with van der Waals surface area (Å²) in [6.07, 6.45) is 1.32. The van der Waals surface area contributed by atoms with Crippen molar-refractivity contribution in [1.29, 1.82) is 0 Å². The molecule has 1 atom stereocenters. The van der Waals surface area contributed by atoms with Crippen molar-refractivity contribution in [1.82, 2.24) is 5.32 Å². The summed E-state index contributed by atoms with van der Waals surface area (Å²) in [7, 11) is 0. The van der Waals surface area contributed by atoms with Crippen molar-refractivity contribution in [3.05, 3.63) is 0 Å². The van der Waals surface area contributed by atoms with Gasteiger partial charge in [0.1, 0.15) is 6.61 Å². The second-order valence-corrected chi connectivity index (χ2v) is 3.94. The topological polar surface area (TPSA) is 119 Å². The predicted octanol–water partition coefficient (Wildman–Crippen LogP) is -1.14. The first-order chi connectivity index (χ1) is 8.00. The van der Waals surface area contributed by atoms with Gasteiger partial charge in [-0.05, 0) is 12.8 Å². The second kappa shape index (κ2) is 6.19. The van der Waals surface area contributed by atoms with E-state index in [1.807, 2.05) is 0 Å². The van der Waals surface area contributed by atoms with Crippen LogP contribution in [-0.4, -0.2) is 42.1 Å². The number of carboxylic acid groups (broad SMARTS) is 1. The fourth-order valence-corrected chi connectivity index (χ4v) is 1.17. The van der Waals surface area contributed by atoms with E-state index in [4.69, 9.17) is 15.6 Å². The number of nitrogens with one attached hydrogen (secondary N) is 1. The number of ether oxygens (including phenoxy) is 1. The van der Waals surface area contributed by atoms with Crippen LogP contribution in [-0.2, 0) is 19.1 Å². The molecule has 0 saturated heterocycles. The predicted molar refractivity (Wildman–Crippen MR) is 56.9 cm³/mol. The molecule has 0 aromatic rings. The maximum absolute atomic E-state index is 11.2. The number of aliphatic carboxylic acids is 1. The standard InChI is InChI=1S/C10H16N2O5/c11-7(5-8(13)14)9(15)12-3-4-17-10(16)6-1-2-6/h6-7H,1-5,11H2,(H,12,15)(H,13,14)/t7-/m1/s1. The van der Waals surface area contributed by atoms with E-state index in [1.54, 1.807) is 0 Å². The normalized spacial score (nSPS) is 16.1. The van der Waals surface area contributed by atoms with Crippen LogP contribution in [0.2, 0.25) is 0 Å². The SMILES string of the molecule is N[C@H](CC(=O)O)C(=O)NCCOC(=O)C1CC1. The molecule has 1 amide bonds. The van der Waals surface area contributed by atoms with Crippen LogP contribution in [0.3, 0.4) is 0 Å². The maximum atomic E-state index is 11.2. The second-order valence-electron chi connectivity index (χ2n) is 3.94. The molecule has 0 radical (unpaired) electrons. The summed E-state index contributed by atoms with van der Waals surface area (Å²) in [5, 5.41) is 10.8. The van der Waals surface area contributed by atoms with E-state index in [2.05, 4.69) is 5.32 Å². The minimum atomic E-state index is -1.13. The zero-order valence-corrected chi connectivity index (χ0v) is 9.35. The highest BCUT2D eigenvalue weighted by molar-refractivity contribution is 5.85. The Bertz CT molecular complexity index is 314. The molecular weight excluding hydrogens is 228 g/mol. The van der Waals surface area contributed by atoms with Crippen LogP contribution in [0.25, 0.3) is 0 Å². The van der Waals surface area contributed by atoms with Crippen LogP contribution in [0, 0.1) is 5.92 Å². The molecule has 0 aromatic heterocycles. The molecule has 1 fully saturated rings. The Labute approximate surface area is 98.3 Å². The van der Waals surface area contributed by atoms with E-state index < -0.39 is 24.3 Å². The van der Waals surface area contributed by atoms with Gasteiger partial charge >= 0.3 is 11.9 Å². The molecule has 0 unspecified atom stereocenters. The van der Waals surface area contributed by atoms with Gasteiger partial charge in [-0.2, -0.15) is 0 Å². The minimum Gasteiger partial charge on any atom is -0.481 e. The Balaban J connectivity index is 2.06. The summed E-state index contributed by atoms with van der Waals surface area (Å²) < 4.78 is 4.87. The van der Waals surface area contributed by atoms with Crippen molar-refractivity contribution in [2.75, 3.05) is 13.2 Å². The van der Waals surface area contributed by atoms with Crippen molar-refractivity contribution >= 4 is 17.8 Å². The highest BCUT2D eigenvalue weighted by atomic mass is 16.5.